The average molecular weight is 357 g/mol. The number of pyridine rings is 2. The fraction of sp³-hybridized carbons (Fsp3) is 0.0556. The van der Waals surface area contributed by atoms with E-state index in [1.807, 2.05) is 12.1 Å². The highest BCUT2D eigenvalue weighted by atomic mass is 35.5. The van der Waals surface area contributed by atoms with E-state index in [9.17, 15) is 9.18 Å². The summed E-state index contributed by atoms with van der Waals surface area (Å²) >= 11 is 5.88. The molecule has 2 aromatic heterocycles. The summed E-state index contributed by atoms with van der Waals surface area (Å²) in [4.78, 5) is 20.3. The second-order valence-electron chi connectivity index (χ2n) is 5.19. The number of carbonyl (C=O) groups is 1. The molecule has 5 nitrogen and oxygen atoms in total. The number of nitrogens with one attached hydrogen (secondary N) is 2. The predicted molar refractivity (Wildman–Crippen MR) is 95.2 cm³/mol. The summed E-state index contributed by atoms with van der Waals surface area (Å²) in [6, 6.07) is 11.3. The summed E-state index contributed by atoms with van der Waals surface area (Å²) in [5.74, 6) is -1.02. The maximum atomic E-state index is 13.7. The molecule has 0 unspecified atom stereocenters. The second-order valence-corrected chi connectivity index (χ2v) is 5.60. The molecule has 0 fully saturated rings. The zero-order valence-corrected chi connectivity index (χ0v) is 13.8. The number of hydrogen-bond donors (Lipinski definition) is 2. The first-order valence-electron chi connectivity index (χ1n) is 7.47. The van der Waals surface area contributed by atoms with Crippen LogP contribution in [0, 0.1) is 5.82 Å². The van der Waals surface area contributed by atoms with Crippen LogP contribution in [0.1, 0.15) is 15.9 Å². The molecule has 7 heteroatoms. The second kappa shape index (κ2) is 7.72. The molecule has 0 aliphatic rings. The number of carbonyl (C=O) groups excluding carboxylic acids is 1. The molecule has 2 N–H and O–H groups in total. The molecule has 0 atom stereocenters. The van der Waals surface area contributed by atoms with E-state index in [2.05, 4.69) is 20.6 Å². The van der Waals surface area contributed by atoms with Crippen molar-refractivity contribution < 1.29 is 9.18 Å². The number of amides is 1. The smallest absolute Gasteiger partial charge is 0.261 e. The molecule has 0 saturated carbocycles. The molecular formula is C18H14ClFN4O. The van der Waals surface area contributed by atoms with Crippen molar-refractivity contribution >= 4 is 29.0 Å². The summed E-state index contributed by atoms with van der Waals surface area (Å²) in [6.45, 7) is 0.626. The van der Waals surface area contributed by atoms with Crippen LogP contribution in [0.25, 0.3) is 0 Å². The molecule has 3 rings (SSSR count). The average Bonchev–Trinajstić information content (AvgIpc) is 2.62. The van der Waals surface area contributed by atoms with Gasteiger partial charge < -0.3 is 10.6 Å². The highest BCUT2D eigenvalue weighted by Crippen LogP contribution is 2.20. The lowest BCUT2D eigenvalue weighted by atomic mass is 10.2. The maximum absolute atomic E-state index is 13.7. The van der Waals surface area contributed by atoms with Gasteiger partial charge in [0.25, 0.3) is 5.91 Å². The van der Waals surface area contributed by atoms with Crippen LogP contribution in [-0.4, -0.2) is 15.9 Å². The summed E-state index contributed by atoms with van der Waals surface area (Å²) in [6.07, 6.45) is 5.03. The fourth-order valence-electron chi connectivity index (χ4n) is 2.17. The zero-order chi connectivity index (χ0) is 17.6. The van der Waals surface area contributed by atoms with Gasteiger partial charge in [-0.05, 0) is 42.0 Å². The largest absolute Gasteiger partial charge is 0.380 e. The highest BCUT2D eigenvalue weighted by molar-refractivity contribution is 6.34. The number of rotatable bonds is 5. The van der Waals surface area contributed by atoms with Crippen LogP contribution in [0.15, 0.2) is 61.1 Å². The normalized spacial score (nSPS) is 10.3. The topological polar surface area (TPSA) is 66.9 Å². The van der Waals surface area contributed by atoms with E-state index in [-0.39, 0.29) is 10.6 Å². The van der Waals surface area contributed by atoms with Crippen LogP contribution in [0.2, 0.25) is 5.02 Å². The number of aromatic nitrogens is 2. The van der Waals surface area contributed by atoms with Crippen molar-refractivity contribution in [3.63, 3.8) is 0 Å². The van der Waals surface area contributed by atoms with Gasteiger partial charge in [-0.3, -0.25) is 9.78 Å². The van der Waals surface area contributed by atoms with Gasteiger partial charge in [-0.25, -0.2) is 9.37 Å². The van der Waals surface area contributed by atoms with Crippen LogP contribution in [0.4, 0.5) is 15.9 Å². The predicted octanol–water partition coefficient (Wildman–Crippen LogP) is 4.13. The molecule has 1 amide bonds. The third-order valence-electron chi connectivity index (χ3n) is 3.44. The molecule has 0 aliphatic carbocycles. The number of hydrogen-bond acceptors (Lipinski definition) is 4. The molecular weight excluding hydrogens is 343 g/mol. The van der Waals surface area contributed by atoms with Crippen molar-refractivity contribution in [2.75, 3.05) is 10.6 Å². The van der Waals surface area contributed by atoms with Gasteiger partial charge >= 0.3 is 0 Å². The molecule has 126 valence electrons. The van der Waals surface area contributed by atoms with Gasteiger partial charge in [-0.15, -0.1) is 0 Å². The minimum atomic E-state index is -0.680. The first kappa shape index (κ1) is 16.9. The van der Waals surface area contributed by atoms with E-state index in [4.69, 9.17) is 11.6 Å². The van der Waals surface area contributed by atoms with Crippen LogP contribution >= 0.6 is 11.6 Å². The van der Waals surface area contributed by atoms with Gasteiger partial charge in [0, 0.05) is 18.9 Å². The first-order chi connectivity index (χ1) is 12.1. The van der Waals surface area contributed by atoms with Crippen LogP contribution < -0.4 is 10.6 Å². The van der Waals surface area contributed by atoms with Crippen LogP contribution in [0.5, 0.6) is 0 Å². The molecule has 25 heavy (non-hydrogen) atoms. The Balaban J connectivity index is 1.63. The Morgan fingerprint density at radius 2 is 1.92 bits per heavy atom. The van der Waals surface area contributed by atoms with E-state index in [1.54, 1.807) is 30.7 Å². The highest BCUT2D eigenvalue weighted by Gasteiger charge is 2.16. The minimum Gasteiger partial charge on any atom is -0.380 e. The summed E-state index contributed by atoms with van der Waals surface area (Å²) in [5, 5.41) is 5.79. The molecule has 0 bridgehead atoms. The third-order valence-corrected chi connectivity index (χ3v) is 3.76. The lowest BCUT2D eigenvalue weighted by Crippen LogP contribution is -2.15. The summed E-state index contributed by atoms with van der Waals surface area (Å²) in [5.41, 5.74) is 1.67. The van der Waals surface area contributed by atoms with Crippen molar-refractivity contribution in [2.45, 2.75) is 6.54 Å². The fourth-order valence-corrected chi connectivity index (χ4v) is 2.42. The quantitative estimate of drug-likeness (QED) is 0.721. The van der Waals surface area contributed by atoms with E-state index >= 15 is 0 Å². The molecule has 0 spiro atoms. The van der Waals surface area contributed by atoms with Crippen molar-refractivity contribution in [3.8, 4) is 0 Å². The van der Waals surface area contributed by atoms with Gasteiger partial charge in [0.15, 0.2) is 0 Å². The number of nitrogens with zero attached hydrogens (tertiary/aromatic N) is 2. The Morgan fingerprint density at radius 3 is 2.60 bits per heavy atom. The molecule has 0 radical (unpaired) electrons. The monoisotopic (exact) mass is 356 g/mol. The van der Waals surface area contributed by atoms with Crippen LogP contribution in [0.3, 0.4) is 0 Å². The summed E-state index contributed by atoms with van der Waals surface area (Å²) in [7, 11) is 0. The minimum absolute atomic E-state index is 0.0492. The van der Waals surface area contributed by atoms with E-state index in [1.165, 1.54) is 18.2 Å². The molecule has 0 saturated heterocycles. The van der Waals surface area contributed by atoms with E-state index in [0.717, 1.165) is 11.3 Å². The Labute approximate surface area is 148 Å². The van der Waals surface area contributed by atoms with Gasteiger partial charge in [0.05, 0.1) is 22.5 Å². The van der Waals surface area contributed by atoms with Crippen molar-refractivity contribution in [3.05, 3.63) is 83.0 Å². The van der Waals surface area contributed by atoms with Gasteiger partial charge in [0.2, 0.25) is 0 Å². The zero-order valence-electron chi connectivity index (χ0n) is 13.0. The lowest BCUT2D eigenvalue weighted by molar-refractivity contribution is 0.102. The molecule has 0 aliphatic heterocycles. The number of benzene rings is 1. The van der Waals surface area contributed by atoms with E-state index in [0.29, 0.717) is 12.4 Å². The maximum Gasteiger partial charge on any atom is 0.261 e. The Hall–Kier alpha value is -2.99. The van der Waals surface area contributed by atoms with Crippen LogP contribution in [-0.2, 0) is 6.54 Å². The standard InChI is InChI=1S/C18H14ClFN4O/c19-14-2-1-3-15(20)17(14)18(25)24-16-5-4-13(11-23-16)22-10-12-6-8-21-9-7-12/h1-9,11,22H,10H2,(H,23,24,25). The number of anilines is 2. The van der Waals surface area contributed by atoms with Crippen molar-refractivity contribution in [1.82, 2.24) is 9.97 Å². The van der Waals surface area contributed by atoms with Crippen molar-refractivity contribution in [2.24, 2.45) is 0 Å². The summed E-state index contributed by atoms with van der Waals surface area (Å²) < 4.78 is 13.7. The van der Waals surface area contributed by atoms with Gasteiger partial charge in [-0.1, -0.05) is 17.7 Å². The molecule has 3 aromatic rings. The Morgan fingerprint density at radius 1 is 1.12 bits per heavy atom. The Bertz CT molecular complexity index is 852. The van der Waals surface area contributed by atoms with Crippen molar-refractivity contribution in [1.29, 1.82) is 0 Å². The first-order valence-corrected chi connectivity index (χ1v) is 7.85. The molecule has 2 heterocycles. The number of halogens is 2. The Kier molecular flexibility index (Phi) is 5.20. The third kappa shape index (κ3) is 4.30. The molecule has 1 aromatic carbocycles. The SMILES string of the molecule is O=C(Nc1ccc(NCc2ccncc2)cn1)c1c(F)cccc1Cl. The van der Waals surface area contributed by atoms with E-state index < -0.39 is 11.7 Å². The van der Waals surface area contributed by atoms with Gasteiger partial charge in [0.1, 0.15) is 11.6 Å². The lowest BCUT2D eigenvalue weighted by Gasteiger charge is -2.09. The van der Waals surface area contributed by atoms with Gasteiger partial charge in [-0.2, -0.15) is 0 Å².